The van der Waals surface area contributed by atoms with Crippen LogP contribution in [0.25, 0.3) is 0 Å². The van der Waals surface area contributed by atoms with Gasteiger partial charge in [-0.15, -0.1) is 0 Å². The highest BCUT2D eigenvalue weighted by molar-refractivity contribution is 5.94. The molecule has 0 spiro atoms. The number of hydrogen-bond acceptors (Lipinski definition) is 3. The number of quaternary nitrogens is 1. The van der Waals surface area contributed by atoms with E-state index in [1.54, 1.807) is 4.90 Å². The monoisotopic (exact) mass is 371 g/mol. The van der Waals surface area contributed by atoms with E-state index in [4.69, 9.17) is 9.47 Å². The van der Waals surface area contributed by atoms with Gasteiger partial charge < -0.3 is 19.3 Å². The third-order valence-corrected chi connectivity index (χ3v) is 6.02. The van der Waals surface area contributed by atoms with Crippen LogP contribution in [0.4, 0.5) is 0 Å². The number of carbonyl (C=O) groups is 1. The fourth-order valence-corrected chi connectivity index (χ4v) is 4.31. The van der Waals surface area contributed by atoms with Crippen molar-refractivity contribution >= 4 is 5.91 Å². The SMILES string of the molecule is O=C(c1ccc2c(c1)CCO2)N(CC[NH+]1CCOCC1)C[C@@H]1CC=CCC1. The Morgan fingerprint density at radius 3 is 2.89 bits per heavy atom. The van der Waals surface area contributed by atoms with Crippen LogP contribution in [0.2, 0.25) is 0 Å². The molecule has 5 heteroatoms. The van der Waals surface area contributed by atoms with Crippen molar-refractivity contribution in [2.75, 3.05) is 52.5 Å². The first-order valence-corrected chi connectivity index (χ1v) is 10.4. The van der Waals surface area contributed by atoms with Gasteiger partial charge in [-0.1, -0.05) is 12.2 Å². The van der Waals surface area contributed by atoms with E-state index < -0.39 is 0 Å². The Kier molecular flexibility index (Phi) is 6.10. The van der Waals surface area contributed by atoms with Crippen molar-refractivity contribution in [3.05, 3.63) is 41.5 Å². The van der Waals surface area contributed by atoms with Crippen LogP contribution in [0, 0.1) is 5.92 Å². The molecule has 2 aliphatic heterocycles. The molecular weight excluding hydrogens is 340 g/mol. The zero-order valence-corrected chi connectivity index (χ0v) is 16.1. The van der Waals surface area contributed by atoms with E-state index >= 15 is 0 Å². The molecule has 0 aromatic heterocycles. The lowest BCUT2D eigenvalue weighted by Gasteiger charge is -2.31. The Hall–Kier alpha value is -1.85. The predicted octanol–water partition coefficient (Wildman–Crippen LogP) is 1.34. The topological polar surface area (TPSA) is 43.2 Å². The van der Waals surface area contributed by atoms with Crippen LogP contribution >= 0.6 is 0 Å². The van der Waals surface area contributed by atoms with Crippen LogP contribution in [-0.4, -0.2) is 63.4 Å². The van der Waals surface area contributed by atoms with Gasteiger partial charge in [0.1, 0.15) is 18.8 Å². The second-order valence-electron chi connectivity index (χ2n) is 7.93. The number of carbonyl (C=O) groups excluding carboxylic acids is 1. The molecule has 1 aromatic carbocycles. The molecule has 1 N–H and O–H groups in total. The van der Waals surface area contributed by atoms with Gasteiger partial charge in [0, 0.05) is 18.5 Å². The average Bonchev–Trinajstić information content (AvgIpc) is 3.20. The third-order valence-electron chi connectivity index (χ3n) is 6.02. The Labute approximate surface area is 161 Å². The average molecular weight is 372 g/mol. The van der Waals surface area contributed by atoms with Gasteiger partial charge in [0.05, 0.1) is 32.9 Å². The van der Waals surface area contributed by atoms with Crippen molar-refractivity contribution in [2.45, 2.75) is 25.7 Å². The molecule has 0 unspecified atom stereocenters. The number of nitrogens with one attached hydrogen (secondary N) is 1. The van der Waals surface area contributed by atoms with Gasteiger partial charge in [-0.05, 0) is 48.9 Å². The summed E-state index contributed by atoms with van der Waals surface area (Å²) in [5, 5.41) is 0. The molecule has 4 rings (SSSR count). The zero-order chi connectivity index (χ0) is 18.5. The first-order chi connectivity index (χ1) is 13.3. The summed E-state index contributed by atoms with van der Waals surface area (Å²) in [6, 6.07) is 5.94. The van der Waals surface area contributed by atoms with Gasteiger partial charge in [0.15, 0.2) is 0 Å². The zero-order valence-electron chi connectivity index (χ0n) is 16.1. The molecule has 2 heterocycles. The maximum Gasteiger partial charge on any atom is 0.254 e. The maximum absolute atomic E-state index is 13.3. The number of hydrogen-bond donors (Lipinski definition) is 1. The summed E-state index contributed by atoms with van der Waals surface area (Å²) < 4.78 is 11.1. The van der Waals surface area contributed by atoms with Crippen molar-refractivity contribution in [1.82, 2.24) is 4.90 Å². The fourth-order valence-electron chi connectivity index (χ4n) is 4.31. The smallest absolute Gasteiger partial charge is 0.254 e. The number of fused-ring (bicyclic) bond motifs is 1. The van der Waals surface area contributed by atoms with Crippen LogP contribution in [-0.2, 0) is 11.2 Å². The van der Waals surface area contributed by atoms with Crippen LogP contribution in [0.3, 0.4) is 0 Å². The van der Waals surface area contributed by atoms with Crippen molar-refractivity contribution in [3.8, 4) is 5.75 Å². The largest absolute Gasteiger partial charge is 0.493 e. The molecule has 0 saturated carbocycles. The Morgan fingerprint density at radius 1 is 1.19 bits per heavy atom. The molecule has 1 amide bonds. The molecule has 1 aromatic rings. The number of nitrogens with zero attached hydrogens (tertiary/aromatic N) is 1. The molecule has 146 valence electrons. The van der Waals surface area contributed by atoms with Gasteiger partial charge in [-0.3, -0.25) is 4.79 Å². The number of allylic oxidation sites excluding steroid dienone is 2. The number of amides is 1. The highest BCUT2D eigenvalue weighted by Gasteiger charge is 2.24. The van der Waals surface area contributed by atoms with E-state index in [0.717, 1.165) is 83.1 Å². The highest BCUT2D eigenvalue weighted by atomic mass is 16.5. The van der Waals surface area contributed by atoms with E-state index in [1.807, 2.05) is 18.2 Å². The van der Waals surface area contributed by atoms with Gasteiger partial charge in [0.2, 0.25) is 0 Å². The molecule has 1 saturated heterocycles. The lowest BCUT2D eigenvalue weighted by atomic mass is 9.93. The van der Waals surface area contributed by atoms with Crippen molar-refractivity contribution < 1.29 is 19.2 Å². The van der Waals surface area contributed by atoms with E-state index in [2.05, 4.69) is 17.1 Å². The lowest BCUT2D eigenvalue weighted by molar-refractivity contribution is -0.907. The summed E-state index contributed by atoms with van der Waals surface area (Å²) in [5.41, 5.74) is 1.97. The normalized spacial score (nSPS) is 22.3. The van der Waals surface area contributed by atoms with Gasteiger partial charge in [-0.2, -0.15) is 0 Å². The molecule has 5 nitrogen and oxygen atoms in total. The third kappa shape index (κ3) is 4.71. The van der Waals surface area contributed by atoms with Crippen LogP contribution in [0.1, 0.15) is 35.2 Å². The number of ether oxygens (including phenoxy) is 2. The molecule has 1 atom stereocenters. The first kappa shape index (κ1) is 18.5. The molecule has 1 aliphatic carbocycles. The molecule has 0 bridgehead atoms. The minimum absolute atomic E-state index is 0.173. The second-order valence-corrected chi connectivity index (χ2v) is 7.93. The summed E-state index contributed by atoms with van der Waals surface area (Å²) in [6.45, 7) is 7.18. The van der Waals surface area contributed by atoms with Crippen molar-refractivity contribution in [2.24, 2.45) is 5.92 Å². The van der Waals surface area contributed by atoms with Crippen LogP contribution in [0.5, 0.6) is 5.75 Å². The van der Waals surface area contributed by atoms with Gasteiger partial charge >= 0.3 is 0 Å². The second kappa shape index (κ2) is 8.89. The summed E-state index contributed by atoms with van der Waals surface area (Å²) >= 11 is 0. The summed E-state index contributed by atoms with van der Waals surface area (Å²) in [7, 11) is 0. The molecule has 3 aliphatic rings. The lowest BCUT2D eigenvalue weighted by Crippen LogP contribution is -3.14. The predicted molar refractivity (Wildman–Crippen MR) is 104 cm³/mol. The van der Waals surface area contributed by atoms with Gasteiger partial charge in [0.25, 0.3) is 5.91 Å². The summed E-state index contributed by atoms with van der Waals surface area (Å²) in [6.07, 6.45) is 8.85. The fraction of sp³-hybridized carbons (Fsp3) is 0.591. The molecule has 0 radical (unpaired) electrons. The van der Waals surface area contributed by atoms with Crippen LogP contribution < -0.4 is 9.64 Å². The van der Waals surface area contributed by atoms with Crippen molar-refractivity contribution in [3.63, 3.8) is 0 Å². The minimum atomic E-state index is 0.173. The maximum atomic E-state index is 13.3. The molecule has 27 heavy (non-hydrogen) atoms. The quantitative estimate of drug-likeness (QED) is 0.768. The van der Waals surface area contributed by atoms with E-state index in [9.17, 15) is 4.79 Å². The minimum Gasteiger partial charge on any atom is -0.493 e. The number of benzene rings is 1. The first-order valence-electron chi connectivity index (χ1n) is 10.4. The molecule has 1 fully saturated rings. The Bertz CT molecular complexity index is 682. The van der Waals surface area contributed by atoms with Crippen LogP contribution in [0.15, 0.2) is 30.4 Å². The van der Waals surface area contributed by atoms with E-state index in [-0.39, 0.29) is 5.91 Å². The molecular formula is C22H31N2O3+. The highest BCUT2D eigenvalue weighted by Crippen LogP contribution is 2.27. The summed E-state index contributed by atoms with van der Waals surface area (Å²) in [5.74, 6) is 1.69. The standard InChI is InChI=1S/C22H30N2O3/c25-22(20-6-7-21-19(16-20)8-13-27-21)24(17-18-4-2-1-3-5-18)10-9-23-11-14-26-15-12-23/h1-2,6-7,16,18H,3-5,8-15,17H2/p+1/t18-/m1/s1. The Balaban J connectivity index is 1.45. The van der Waals surface area contributed by atoms with E-state index in [1.165, 1.54) is 12.0 Å². The summed E-state index contributed by atoms with van der Waals surface area (Å²) in [4.78, 5) is 17.0. The number of rotatable bonds is 6. The van der Waals surface area contributed by atoms with Gasteiger partial charge in [-0.25, -0.2) is 0 Å². The number of morpholine rings is 1. The van der Waals surface area contributed by atoms with Crippen molar-refractivity contribution in [1.29, 1.82) is 0 Å². The Morgan fingerprint density at radius 2 is 2.07 bits per heavy atom. The van der Waals surface area contributed by atoms with E-state index in [0.29, 0.717) is 5.92 Å².